The second-order valence-corrected chi connectivity index (χ2v) is 11.8. The van der Waals surface area contributed by atoms with Gasteiger partial charge in [-0.15, -0.1) is 0 Å². The smallest absolute Gasteiger partial charge is 0.243 e. The number of pyridine rings is 2. The summed E-state index contributed by atoms with van der Waals surface area (Å²) in [6.07, 6.45) is 8.39. The third kappa shape index (κ3) is 3.88. The number of hydrogen-bond acceptors (Lipinski definition) is 7. The fourth-order valence-electron chi connectivity index (χ4n) is 7.22. The zero-order chi connectivity index (χ0) is 28.4. The minimum Gasteiger partial charge on any atom is -0.493 e. The summed E-state index contributed by atoms with van der Waals surface area (Å²) >= 11 is 0. The van der Waals surface area contributed by atoms with Gasteiger partial charge in [-0.25, -0.2) is 14.5 Å². The molecule has 5 aromatic rings. The first-order valence-electron chi connectivity index (χ1n) is 14.8. The first kappa shape index (κ1) is 25.3. The number of ether oxygens (including phenoxy) is 1. The van der Waals surface area contributed by atoms with Gasteiger partial charge in [-0.1, -0.05) is 19.1 Å². The predicted octanol–water partition coefficient (Wildman–Crippen LogP) is 3.91. The van der Waals surface area contributed by atoms with Gasteiger partial charge in [-0.05, 0) is 67.1 Å². The van der Waals surface area contributed by atoms with E-state index in [4.69, 9.17) is 9.72 Å². The van der Waals surface area contributed by atoms with Crippen molar-refractivity contribution in [3.63, 3.8) is 0 Å². The number of carbonyl (C=O) groups is 1. The molecule has 0 spiro atoms. The Morgan fingerprint density at radius 2 is 1.88 bits per heavy atom. The standard InChI is InChI=1S/C32H34N8O2/c1-3-24-25-6-4-21(12-26(25)37-29(24)23-13-27(42-2)30-34-19-36-40(30)18-23)22-5-7-28(33-17-22)38-8-10-39(11-9-38)31(41)32-14-20(15-32)16-35-32/h4-7,12-13,17-20,35,37H,3,8-11,14-16H2,1-2H3. The van der Waals surface area contributed by atoms with Crippen molar-refractivity contribution in [3.8, 4) is 28.1 Å². The molecule has 4 aromatic heterocycles. The van der Waals surface area contributed by atoms with Gasteiger partial charge in [0, 0.05) is 60.6 Å². The lowest BCUT2D eigenvalue weighted by Gasteiger charge is -2.43. The van der Waals surface area contributed by atoms with Crippen molar-refractivity contribution in [1.82, 2.24) is 34.8 Å². The van der Waals surface area contributed by atoms with Crippen LogP contribution in [0.1, 0.15) is 25.3 Å². The van der Waals surface area contributed by atoms with Crippen LogP contribution in [0.3, 0.4) is 0 Å². The Morgan fingerprint density at radius 1 is 1.05 bits per heavy atom. The first-order chi connectivity index (χ1) is 20.5. The zero-order valence-electron chi connectivity index (χ0n) is 23.9. The van der Waals surface area contributed by atoms with Crippen LogP contribution in [-0.4, -0.2) is 80.7 Å². The van der Waals surface area contributed by atoms with E-state index in [0.717, 1.165) is 85.7 Å². The molecule has 1 aromatic carbocycles. The van der Waals surface area contributed by atoms with Crippen LogP contribution >= 0.6 is 0 Å². The van der Waals surface area contributed by atoms with Gasteiger partial charge in [-0.2, -0.15) is 5.10 Å². The number of hydrogen-bond donors (Lipinski definition) is 2. The minimum absolute atomic E-state index is 0.261. The van der Waals surface area contributed by atoms with E-state index in [1.165, 1.54) is 17.3 Å². The van der Waals surface area contributed by atoms with Gasteiger partial charge in [-0.3, -0.25) is 4.79 Å². The van der Waals surface area contributed by atoms with Crippen molar-refractivity contribution in [3.05, 3.63) is 60.7 Å². The van der Waals surface area contributed by atoms with Gasteiger partial charge in [0.1, 0.15) is 12.1 Å². The third-order valence-corrected chi connectivity index (χ3v) is 9.49. The summed E-state index contributed by atoms with van der Waals surface area (Å²) in [6.45, 7) is 6.28. The van der Waals surface area contributed by atoms with E-state index in [9.17, 15) is 4.79 Å². The lowest BCUT2D eigenvalue weighted by molar-refractivity contribution is -0.141. The highest BCUT2D eigenvalue weighted by Crippen LogP contribution is 2.45. The molecule has 7 heterocycles. The second-order valence-electron chi connectivity index (χ2n) is 11.8. The molecular weight excluding hydrogens is 528 g/mol. The van der Waals surface area contributed by atoms with Crippen LogP contribution in [0.5, 0.6) is 5.75 Å². The quantitative estimate of drug-likeness (QED) is 0.323. The molecular formula is C32H34N8O2. The number of rotatable bonds is 6. The minimum atomic E-state index is -0.261. The van der Waals surface area contributed by atoms with E-state index < -0.39 is 0 Å². The zero-order valence-corrected chi connectivity index (χ0v) is 23.9. The molecule has 10 heteroatoms. The van der Waals surface area contributed by atoms with Gasteiger partial charge >= 0.3 is 0 Å². The molecule has 1 amide bonds. The van der Waals surface area contributed by atoms with Crippen LogP contribution in [0.25, 0.3) is 38.9 Å². The number of benzene rings is 1. The number of piperazine rings is 1. The SMILES string of the molecule is CCc1c(-c2cc(OC)c3ncnn3c2)[nH]c2cc(-c3ccc(N4CCN(C(=O)C56CC(CN5)C6)CC4)nc3)ccc12. The van der Waals surface area contributed by atoms with Gasteiger partial charge in [0.2, 0.25) is 5.91 Å². The highest BCUT2D eigenvalue weighted by atomic mass is 16.5. The molecule has 4 aliphatic rings. The number of nitrogens with one attached hydrogen (secondary N) is 2. The number of fused-ring (bicyclic) bond motifs is 3. The topological polar surface area (TPSA) is 104 Å². The van der Waals surface area contributed by atoms with Crippen molar-refractivity contribution in [2.45, 2.75) is 31.7 Å². The van der Waals surface area contributed by atoms with Gasteiger partial charge in [0.15, 0.2) is 11.4 Å². The molecule has 1 aliphatic carbocycles. The van der Waals surface area contributed by atoms with E-state index in [0.29, 0.717) is 23.2 Å². The molecule has 214 valence electrons. The predicted molar refractivity (Wildman–Crippen MR) is 162 cm³/mol. The first-order valence-corrected chi connectivity index (χ1v) is 14.8. The maximum atomic E-state index is 13.1. The normalized spacial score (nSPS) is 21.7. The number of carbonyl (C=O) groups excluding carboxylic acids is 1. The molecule has 4 fully saturated rings. The molecule has 3 aliphatic heterocycles. The molecule has 0 atom stereocenters. The summed E-state index contributed by atoms with van der Waals surface area (Å²) in [5.74, 6) is 2.64. The lowest BCUT2D eigenvalue weighted by Crippen LogP contribution is -2.61. The molecule has 42 heavy (non-hydrogen) atoms. The number of aromatic amines is 1. The average molecular weight is 563 g/mol. The van der Waals surface area contributed by atoms with Gasteiger partial charge < -0.3 is 24.8 Å². The Kier molecular flexibility index (Phi) is 5.75. The second kappa shape index (κ2) is 9.55. The summed E-state index contributed by atoms with van der Waals surface area (Å²) in [7, 11) is 1.66. The summed E-state index contributed by atoms with van der Waals surface area (Å²) in [6, 6.07) is 12.8. The maximum Gasteiger partial charge on any atom is 0.243 e. The highest BCUT2D eigenvalue weighted by Gasteiger charge is 2.56. The number of methoxy groups -OCH3 is 1. The van der Waals surface area contributed by atoms with E-state index >= 15 is 0 Å². The van der Waals surface area contributed by atoms with Crippen LogP contribution in [0.15, 0.2) is 55.1 Å². The number of aromatic nitrogens is 5. The van der Waals surface area contributed by atoms with Crippen LogP contribution in [-0.2, 0) is 11.2 Å². The van der Waals surface area contributed by atoms with Crippen LogP contribution in [0, 0.1) is 5.92 Å². The number of aryl methyl sites for hydroxylation is 1. The molecule has 0 unspecified atom stereocenters. The van der Waals surface area contributed by atoms with Crippen LogP contribution < -0.4 is 15.0 Å². The number of H-pyrrole nitrogens is 1. The largest absolute Gasteiger partial charge is 0.493 e. The highest BCUT2D eigenvalue weighted by molar-refractivity contribution is 5.94. The number of amides is 1. The van der Waals surface area contributed by atoms with E-state index in [-0.39, 0.29) is 5.54 Å². The fourth-order valence-corrected chi connectivity index (χ4v) is 7.22. The summed E-state index contributed by atoms with van der Waals surface area (Å²) in [4.78, 5) is 30.2. The molecule has 0 radical (unpaired) electrons. The Balaban J connectivity index is 1.02. The molecule has 2 bridgehead atoms. The van der Waals surface area contributed by atoms with Crippen molar-refractivity contribution in [2.24, 2.45) is 5.92 Å². The number of anilines is 1. The van der Waals surface area contributed by atoms with Crippen molar-refractivity contribution in [1.29, 1.82) is 0 Å². The summed E-state index contributed by atoms with van der Waals surface area (Å²) in [5, 5.41) is 9.01. The Hall–Kier alpha value is -4.44. The van der Waals surface area contributed by atoms with Gasteiger partial charge in [0.05, 0.1) is 18.3 Å². The third-order valence-electron chi connectivity index (χ3n) is 9.49. The van der Waals surface area contributed by atoms with E-state index in [1.807, 2.05) is 23.4 Å². The molecule has 10 nitrogen and oxygen atoms in total. The lowest BCUT2D eigenvalue weighted by atomic mass is 9.72. The van der Waals surface area contributed by atoms with Gasteiger partial charge in [0.25, 0.3) is 0 Å². The maximum absolute atomic E-state index is 13.1. The summed E-state index contributed by atoms with van der Waals surface area (Å²) < 4.78 is 7.36. The molecule has 9 rings (SSSR count). The van der Waals surface area contributed by atoms with Crippen molar-refractivity contribution in [2.75, 3.05) is 44.7 Å². The van der Waals surface area contributed by atoms with Crippen LogP contribution in [0.2, 0.25) is 0 Å². The Labute approximate surface area is 243 Å². The summed E-state index contributed by atoms with van der Waals surface area (Å²) in [5.41, 5.74) is 7.01. The van der Waals surface area contributed by atoms with E-state index in [1.54, 1.807) is 11.6 Å². The molecule has 2 N–H and O–H groups in total. The average Bonchev–Trinajstić information content (AvgIpc) is 3.82. The van der Waals surface area contributed by atoms with Crippen LogP contribution in [0.4, 0.5) is 5.82 Å². The Bertz CT molecular complexity index is 1800. The monoisotopic (exact) mass is 562 g/mol. The van der Waals surface area contributed by atoms with Crippen molar-refractivity contribution >= 4 is 28.3 Å². The Morgan fingerprint density at radius 3 is 2.60 bits per heavy atom. The van der Waals surface area contributed by atoms with E-state index in [2.05, 4.69) is 62.5 Å². The van der Waals surface area contributed by atoms with Crippen molar-refractivity contribution < 1.29 is 9.53 Å². The fraction of sp³-hybridized carbons (Fsp3) is 0.375. The molecule has 3 saturated heterocycles. The molecule has 1 saturated carbocycles. The number of nitrogens with zero attached hydrogens (tertiary/aromatic N) is 6.